The maximum absolute atomic E-state index is 12.2. The SMILES string of the molecule is C[C@@H](n1ncnc1C(=O)[O-])C(F)(F)F.[Li+]. The molecule has 9 heteroatoms. The van der Waals surface area contributed by atoms with Crippen LogP contribution >= 0.6 is 0 Å². The molecule has 0 bridgehead atoms. The molecule has 1 rings (SSSR count). The molecule has 1 aromatic heterocycles. The van der Waals surface area contributed by atoms with Crippen LogP contribution in [-0.2, 0) is 0 Å². The van der Waals surface area contributed by atoms with Crippen LogP contribution in [0, 0.1) is 0 Å². The van der Waals surface area contributed by atoms with Gasteiger partial charge in [0.1, 0.15) is 18.3 Å². The fourth-order valence-electron chi connectivity index (χ4n) is 0.818. The molecule has 78 valence electrons. The molecule has 0 spiro atoms. The Balaban J connectivity index is 0.00000196. The molecule has 0 aliphatic rings. The molecule has 0 unspecified atom stereocenters. The molecule has 0 aromatic carbocycles. The Kier molecular flexibility index (Phi) is 4.37. The van der Waals surface area contributed by atoms with Crippen molar-refractivity contribution < 1.29 is 41.9 Å². The molecule has 15 heavy (non-hydrogen) atoms. The van der Waals surface area contributed by atoms with Crippen molar-refractivity contribution in [1.82, 2.24) is 14.8 Å². The summed E-state index contributed by atoms with van der Waals surface area (Å²) < 4.78 is 36.7. The van der Waals surface area contributed by atoms with E-state index < -0.39 is 24.0 Å². The van der Waals surface area contributed by atoms with Crippen molar-refractivity contribution in [3.63, 3.8) is 0 Å². The summed E-state index contributed by atoms with van der Waals surface area (Å²) >= 11 is 0. The minimum absolute atomic E-state index is 0. The van der Waals surface area contributed by atoms with Gasteiger partial charge >= 0.3 is 25.0 Å². The normalized spacial score (nSPS) is 13.1. The van der Waals surface area contributed by atoms with Crippen molar-refractivity contribution in [1.29, 1.82) is 0 Å². The first-order chi connectivity index (χ1) is 6.34. The van der Waals surface area contributed by atoms with E-state index in [1.165, 1.54) is 0 Å². The van der Waals surface area contributed by atoms with Crippen LogP contribution in [0.1, 0.15) is 23.6 Å². The van der Waals surface area contributed by atoms with E-state index in [1.54, 1.807) is 0 Å². The van der Waals surface area contributed by atoms with E-state index in [2.05, 4.69) is 10.1 Å². The van der Waals surface area contributed by atoms with Crippen LogP contribution in [0.5, 0.6) is 0 Å². The standard InChI is InChI=1S/C6H6F3N3O2.Li/c1-3(6(7,8)9)12-4(5(13)14)10-2-11-12;/h2-3H,1H3,(H,13,14);/q;+1/p-1/t3-;/m1./s1. The quantitative estimate of drug-likeness (QED) is 0.486. The van der Waals surface area contributed by atoms with Crippen LogP contribution in [-0.4, -0.2) is 26.9 Å². The Morgan fingerprint density at radius 2 is 2.13 bits per heavy atom. The van der Waals surface area contributed by atoms with Crippen LogP contribution in [0.2, 0.25) is 0 Å². The second-order valence-electron chi connectivity index (χ2n) is 2.53. The summed E-state index contributed by atoms with van der Waals surface area (Å²) in [5.41, 5.74) is 0. The van der Waals surface area contributed by atoms with Gasteiger partial charge in [-0.3, -0.25) is 0 Å². The molecule has 1 aromatic rings. The molecule has 0 aliphatic heterocycles. The van der Waals surface area contributed by atoms with E-state index in [0.717, 1.165) is 13.3 Å². The Labute approximate surface area is 94.5 Å². The number of carboxylic acids is 1. The molecule has 5 nitrogen and oxygen atoms in total. The summed E-state index contributed by atoms with van der Waals surface area (Å²) in [4.78, 5) is 13.5. The van der Waals surface area contributed by atoms with Crippen molar-refractivity contribution in [2.75, 3.05) is 0 Å². The maximum Gasteiger partial charge on any atom is 1.00 e. The summed E-state index contributed by atoms with van der Waals surface area (Å²) in [6, 6.07) is -2.04. The van der Waals surface area contributed by atoms with Gasteiger partial charge in [0.25, 0.3) is 0 Å². The molecule has 1 heterocycles. The number of aromatic nitrogens is 3. The van der Waals surface area contributed by atoms with Crippen LogP contribution in [0.25, 0.3) is 0 Å². The van der Waals surface area contributed by atoms with Gasteiger partial charge in [-0.2, -0.15) is 18.3 Å². The van der Waals surface area contributed by atoms with E-state index in [4.69, 9.17) is 0 Å². The molecule has 0 saturated heterocycles. The molecule has 1 atom stereocenters. The topological polar surface area (TPSA) is 70.8 Å². The predicted octanol–water partition coefficient (Wildman–Crippen LogP) is -3.23. The predicted molar refractivity (Wildman–Crippen MR) is 35.1 cm³/mol. The third-order valence-electron chi connectivity index (χ3n) is 1.60. The van der Waals surface area contributed by atoms with Gasteiger partial charge in [0.05, 0.1) is 0 Å². The number of aromatic carboxylic acids is 1. The van der Waals surface area contributed by atoms with Gasteiger partial charge in [0.2, 0.25) is 0 Å². The average molecular weight is 215 g/mol. The number of rotatable bonds is 2. The summed E-state index contributed by atoms with van der Waals surface area (Å²) in [6.45, 7) is 0.779. The zero-order valence-electron chi connectivity index (χ0n) is 7.95. The number of halogens is 3. The Bertz CT molecular complexity index is 352. The van der Waals surface area contributed by atoms with Crippen molar-refractivity contribution in [3.05, 3.63) is 12.2 Å². The smallest absolute Gasteiger partial charge is 0.542 e. The van der Waals surface area contributed by atoms with E-state index in [0.29, 0.717) is 0 Å². The van der Waals surface area contributed by atoms with Crippen molar-refractivity contribution >= 4 is 5.97 Å². The fraction of sp³-hybridized carbons (Fsp3) is 0.500. The van der Waals surface area contributed by atoms with E-state index in [-0.39, 0.29) is 23.5 Å². The van der Waals surface area contributed by atoms with E-state index in [9.17, 15) is 23.1 Å². The van der Waals surface area contributed by atoms with Crippen LogP contribution in [0.3, 0.4) is 0 Å². The molecule has 0 N–H and O–H groups in total. The number of hydrogen-bond donors (Lipinski definition) is 0. The number of carbonyl (C=O) groups excluding carboxylic acids is 1. The second kappa shape index (κ2) is 4.68. The number of alkyl halides is 3. The molecule has 0 saturated carbocycles. The van der Waals surface area contributed by atoms with Gasteiger partial charge in [-0.15, -0.1) is 0 Å². The number of carboxylic acid groups (broad SMARTS) is 1. The zero-order valence-corrected chi connectivity index (χ0v) is 7.95. The number of carbonyl (C=O) groups is 1. The minimum atomic E-state index is -4.57. The van der Waals surface area contributed by atoms with Gasteiger partial charge in [-0.1, -0.05) is 0 Å². The first kappa shape index (κ1) is 14.0. The summed E-state index contributed by atoms with van der Waals surface area (Å²) in [5.74, 6) is -2.63. The second-order valence-corrected chi connectivity index (χ2v) is 2.53. The monoisotopic (exact) mass is 215 g/mol. The van der Waals surface area contributed by atoms with Crippen molar-refractivity contribution in [2.45, 2.75) is 19.1 Å². The van der Waals surface area contributed by atoms with Gasteiger partial charge < -0.3 is 9.90 Å². The first-order valence-electron chi connectivity index (χ1n) is 3.51. The van der Waals surface area contributed by atoms with Gasteiger partial charge in [0.15, 0.2) is 5.82 Å². The van der Waals surface area contributed by atoms with Crippen molar-refractivity contribution in [2.24, 2.45) is 0 Å². The minimum Gasteiger partial charge on any atom is -0.542 e. The summed E-state index contributed by atoms with van der Waals surface area (Å²) in [5, 5.41) is 13.5. The summed E-state index contributed by atoms with van der Waals surface area (Å²) in [7, 11) is 0. The zero-order chi connectivity index (χ0) is 10.9. The van der Waals surface area contributed by atoms with Crippen molar-refractivity contribution in [3.8, 4) is 0 Å². The number of hydrogen-bond acceptors (Lipinski definition) is 4. The Morgan fingerprint density at radius 3 is 2.53 bits per heavy atom. The maximum atomic E-state index is 12.2. The van der Waals surface area contributed by atoms with Gasteiger partial charge in [-0.25, -0.2) is 9.67 Å². The Morgan fingerprint density at radius 1 is 1.60 bits per heavy atom. The van der Waals surface area contributed by atoms with Crippen LogP contribution < -0.4 is 24.0 Å². The molecule has 0 fully saturated rings. The van der Waals surface area contributed by atoms with Gasteiger partial charge in [-0.05, 0) is 6.92 Å². The van der Waals surface area contributed by atoms with E-state index in [1.807, 2.05) is 0 Å². The average Bonchev–Trinajstić information content (AvgIpc) is 2.48. The third kappa shape index (κ3) is 2.97. The van der Waals surface area contributed by atoms with Crippen LogP contribution in [0.4, 0.5) is 13.2 Å². The number of nitrogens with zero attached hydrogens (tertiary/aromatic N) is 3. The molecular formula is C6H5F3LiN3O2. The molecule has 0 radical (unpaired) electrons. The molecule has 0 amide bonds. The van der Waals surface area contributed by atoms with Gasteiger partial charge in [0, 0.05) is 0 Å². The molecular weight excluding hydrogens is 210 g/mol. The molecule has 0 aliphatic carbocycles. The summed E-state index contributed by atoms with van der Waals surface area (Å²) in [6.07, 6.45) is -3.84. The first-order valence-corrected chi connectivity index (χ1v) is 3.51. The van der Waals surface area contributed by atoms with Crippen LogP contribution in [0.15, 0.2) is 6.33 Å². The largest absolute Gasteiger partial charge is 1.00 e. The third-order valence-corrected chi connectivity index (χ3v) is 1.60. The Hall–Kier alpha value is -1.00. The van der Waals surface area contributed by atoms with E-state index >= 15 is 0 Å². The fourth-order valence-corrected chi connectivity index (χ4v) is 0.818.